The Kier molecular flexibility index (Phi) is 16.4. The molecule has 0 heterocycles. The van der Waals surface area contributed by atoms with Crippen molar-refractivity contribution in [1.29, 1.82) is 0 Å². The number of methoxy groups -OCH3 is 1. The highest BCUT2D eigenvalue weighted by Crippen LogP contribution is 2.14. The van der Waals surface area contributed by atoms with Gasteiger partial charge in [-0.25, -0.2) is 9.59 Å². The molecular weight excluding hydrogens is 709 g/mol. The lowest BCUT2D eigenvalue weighted by atomic mass is 10.0. The van der Waals surface area contributed by atoms with Crippen molar-refractivity contribution in [2.24, 2.45) is 0 Å². The number of carbonyl (C=O) groups is 5. The van der Waals surface area contributed by atoms with E-state index in [4.69, 9.17) is 9.47 Å². The van der Waals surface area contributed by atoms with Crippen molar-refractivity contribution in [1.82, 2.24) is 21.3 Å². The summed E-state index contributed by atoms with van der Waals surface area (Å²) in [5.74, 6) is -1.98. The number of nitrogens with one attached hydrogen (secondary N) is 4. The number of hydrogen-bond acceptors (Lipinski definition) is 9. The van der Waals surface area contributed by atoms with Crippen LogP contribution < -0.4 is 21.3 Å². The second kappa shape index (κ2) is 21.6. The number of hydrogen-bond donors (Lipinski definition) is 5. The molecule has 0 aliphatic carbocycles. The predicted molar refractivity (Wildman–Crippen MR) is 206 cm³/mol. The Balaban J connectivity index is 1.59. The van der Waals surface area contributed by atoms with Gasteiger partial charge in [-0.1, -0.05) is 103 Å². The number of benzene rings is 4. The summed E-state index contributed by atoms with van der Waals surface area (Å²) in [6.07, 6.45) is 1.52. The minimum atomic E-state index is -1.19. The molecule has 4 amide bonds. The van der Waals surface area contributed by atoms with Gasteiger partial charge in [0.1, 0.15) is 36.5 Å². The molecule has 0 saturated carbocycles. The molecule has 0 bridgehead atoms. The van der Waals surface area contributed by atoms with E-state index in [0.29, 0.717) is 17.7 Å². The molecule has 4 aromatic carbocycles. The van der Waals surface area contributed by atoms with Crippen LogP contribution in [0.1, 0.15) is 28.7 Å². The van der Waals surface area contributed by atoms with Gasteiger partial charge >= 0.3 is 12.1 Å². The Bertz CT molecular complexity index is 1800. The van der Waals surface area contributed by atoms with Gasteiger partial charge in [0.15, 0.2) is 0 Å². The molecule has 0 aliphatic heterocycles. The molecule has 0 radical (unpaired) electrons. The Morgan fingerprint density at radius 2 is 0.981 bits per heavy atom. The van der Waals surface area contributed by atoms with E-state index in [1.54, 1.807) is 36.4 Å². The summed E-state index contributed by atoms with van der Waals surface area (Å²) < 4.78 is 10.3. The zero-order valence-electron chi connectivity index (χ0n) is 30.2. The Hall–Kier alpha value is -5.82. The van der Waals surface area contributed by atoms with Crippen LogP contribution in [0.3, 0.4) is 0 Å². The lowest BCUT2D eigenvalue weighted by Gasteiger charge is -2.26. The number of alkyl carbamates (subject to hydrolysis) is 1. The van der Waals surface area contributed by atoms with Crippen LogP contribution in [0.25, 0.3) is 0 Å². The minimum Gasteiger partial charge on any atom is -0.508 e. The highest BCUT2D eigenvalue weighted by atomic mass is 32.2. The second-order valence-electron chi connectivity index (χ2n) is 12.5. The van der Waals surface area contributed by atoms with Crippen LogP contribution in [0, 0.1) is 0 Å². The van der Waals surface area contributed by atoms with Gasteiger partial charge in [-0.15, -0.1) is 0 Å². The van der Waals surface area contributed by atoms with Crippen molar-refractivity contribution in [3.8, 4) is 5.75 Å². The molecular formula is C41H46N4O8S. The third-order valence-corrected chi connectivity index (χ3v) is 9.09. The van der Waals surface area contributed by atoms with Crippen LogP contribution in [-0.4, -0.2) is 78.2 Å². The quantitative estimate of drug-likeness (QED) is 0.0885. The highest BCUT2D eigenvalue weighted by Gasteiger charge is 2.32. The molecule has 0 aromatic heterocycles. The van der Waals surface area contributed by atoms with Crippen molar-refractivity contribution >= 4 is 41.5 Å². The fraction of sp³-hybridized carbons (Fsp3) is 0.293. The van der Waals surface area contributed by atoms with Crippen molar-refractivity contribution in [3.05, 3.63) is 138 Å². The summed E-state index contributed by atoms with van der Waals surface area (Å²) in [7, 11) is 1.23. The maximum Gasteiger partial charge on any atom is 0.408 e. The summed E-state index contributed by atoms with van der Waals surface area (Å²) >= 11 is 1.50. The molecule has 4 aromatic rings. The number of ether oxygens (including phenoxy) is 2. The molecule has 13 heteroatoms. The van der Waals surface area contributed by atoms with E-state index in [-0.39, 0.29) is 31.6 Å². The van der Waals surface area contributed by atoms with Gasteiger partial charge < -0.3 is 35.8 Å². The summed E-state index contributed by atoms with van der Waals surface area (Å²) in [5, 5.41) is 20.8. The second-order valence-corrected chi connectivity index (χ2v) is 13.5. The lowest BCUT2D eigenvalue weighted by Crippen LogP contribution is -2.59. The smallest absolute Gasteiger partial charge is 0.408 e. The van der Waals surface area contributed by atoms with Crippen LogP contribution in [0.15, 0.2) is 115 Å². The number of aromatic hydroxyl groups is 1. The molecule has 1 unspecified atom stereocenters. The number of rotatable bonds is 19. The van der Waals surface area contributed by atoms with E-state index in [0.717, 1.165) is 16.7 Å². The third kappa shape index (κ3) is 13.6. The van der Waals surface area contributed by atoms with Crippen LogP contribution in [-0.2, 0) is 54.5 Å². The van der Waals surface area contributed by atoms with Gasteiger partial charge in [0.2, 0.25) is 17.7 Å². The molecule has 54 heavy (non-hydrogen) atoms. The number of amides is 4. The Morgan fingerprint density at radius 1 is 0.574 bits per heavy atom. The molecule has 12 nitrogen and oxygen atoms in total. The molecule has 4 atom stereocenters. The zero-order valence-corrected chi connectivity index (χ0v) is 31.1. The molecule has 284 valence electrons. The summed E-state index contributed by atoms with van der Waals surface area (Å²) in [4.78, 5) is 67.6. The standard InChI is InChI=1S/C41H46N4O8S/c1-52-40(50)33(22-23-54-2)42-37(47)35(26-30-18-20-32(46)21-19-30)43-38(48)34(24-28-12-6-3-7-13-28)44-39(49)36(25-29-14-8-4-9-15-29)45-41(51)53-27-31-16-10-5-11-17-31/h3-21,33-36,46H,22-27H2,1-2H3,(H,42,47)(H,43,48)(H,44,49)(H,45,51)/t33-,34-,35-,36?/m1/s1. The molecule has 4 rings (SSSR count). The molecule has 0 aliphatic rings. The first-order chi connectivity index (χ1) is 26.1. The van der Waals surface area contributed by atoms with Crippen LogP contribution in [0.4, 0.5) is 4.79 Å². The van der Waals surface area contributed by atoms with Gasteiger partial charge in [-0.05, 0) is 52.8 Å². The van der Waals surface area contributed by atoms with Gasteiger partial charge in [0.25, 0.3) is 0 Å². The third-order valence-electron chi connectivity index (χ3n) is 8.44. The SMILES string of the molecule is COC(=O)[C@@H](CCSC)NC(=O)[C@@H](Cc1ccc(O)cc1)NC(=O)[C@@H](Cc1ccccc1)NC(=O)C(Cc1ccccc1)NC(=O)OCc1ccccc1. The molecule has 5 N–H and O–H groups in total. The van der Waals surface area contributed by atoms with Gasteiger partial charge in [-0.3, -0.25) is 14.4 Å². The van der Waals surface area contributed by atoms with E-state index in [2.05, 4.69) is 21.3 Å². The maximum absolute atomic E-state index is 14.2. The molecule has 0 saturated heterocycles. The normalized spacial score (nSPS) is 12.9. The van der Waals surface area contributed by atoms with E-state index in [1.165, 1.54) is 31.0 Å². The average Bonchev–Trinajstić information content (AvgIpc) is 3.19. The Labute approximate surface area is 319 Å². The lowest BCUT2D eigenvalue weighted by molar-refractivity contribution is -0.145. The fourth-order valence-corrected chi connectivity index (χ4v) is 6.02. The average molecular weight is 755 g/mol. The van der Waals surface area contributed by atoms with E-state index >= 15 is 0 Å². The first-order valence-corrected chi connectivity index (χ1v) is 18.9. The van der Waals surface area contributed by atoms with E-state index < -0.39 is 54.0 Å². The van der Waals surface area contributed by atoms with Crippen LogP contribution in [0.2, 0.25) is 0 Å². The molecule has 0 fully saturated rings. The van der Waals surface area contributed by atoms with Gasteiger partial charge in [-0.2, -0.15) is 11.8 Å². The fourth-order valence-electron chi connectivity index (χ4n) is 5.55. The number of thioether (sulfide) groups is 1. The van der Waals surface area contributed by atoms with Crippen LogP contribution >= 0.6 is 11.8 Å². The van der Waals surface area contributed by atoms with Gasteiger partial charge in [0, 0.05) is 19.3 Å². The summed E-state index contributed by atoms with van der Waals surface area (Å²) in [5.41, 5.74) is 2.88. The number of phenols is 1. The van der Waals surface area contributed by atoms with Crippen molar-refractivity contribution in [2.75, 3.05) is 19.1 Å². The number of esters is 1. The van der Waals surface area contributed by atoms with Crippen molar-refractivity contribution in [3.63, 3.8) is 0 Å². The van der Waals surface area contributed by atoms with Gasteiger partial charge in [0.05, 0.1) is 7.11 Å². The van der Waals surface area contributed by atoms with Crippen molar-refractivity contribution < 1.29 is 38.6 Å². The summed E-state index contributed by atoms with van der Waals surface area (Å²) in [6, 6.07) is 28.9. The maximum atomic E-state index is 14.2. The van der Waals surface area contributed by atoms with Crippen molar-refractivity contribution in [2.45, 2.75) is 56.5 Å². The minimum absolute atomic E-state index is 0.00567. The summed E-state index contributed by atoms with van der Waals surface area (Å²) in [6.45, 7) is -0.00993. The predicted octanol–water partition coefficient (Wildman–Crippen LogP) is 4.10. The topological polar surface area (TPSA) is 172 Å². The monoisotopic (exact) mass is 754 g/mol. The first kappa shape index (κ1) is 40.9. The van der Waals surface area contributed by atoms with E-state index in [1.807, 2.05) is 73.0 Å². The number of phenolic OH excluding ortho intramolecular Hbond substituents is 1. The largest absolute Gasteiger partial charge is 0.508 e. The highest BCUT2D eigenvalue weighted by molar-refractivity contribution is 7.98. The first-order valence-electron chi connectivity index (χ1n) is 17.5. The van der Waals surface area contributed by atoms with E-state index in [9.17, 15) is 29.1 Å². The zero-order chi connectivity index (χ0) is 38.7. The van der Waals surface area contributed by atoms with Crippen LogP contribution in [0.5, 0.6) is 5.75 Å². The Morgan fingerprint density at radius 3 is 1.43 bits per heavy atom. The number of carbonyl (C=O) groups excluding carboxylic acids is 5. The molecule has 0 spiro atoms.